The molecule has 1 aliphatic rings. The Balaban J connectivity index is 1.63. The second-order valence-corrected chi connectivity index (χ2v) is 8.64. The van der Waals surface area contributed by atoms with E-state index >= 15 is 0 Å². The number of amides is 1. The average molecular weight is 464 g/mol. The summed E-state index contributed by atoms with van der Waals surface area (Å²) in [7, 11) is 1.51. The molecule has 3 aromatic rings. The highest BCUT2D eigenvalue weighted by Gasteiger charge is 2.25. The van der Waals surface area contributed by atoms with E-state index in [1.807, 2.05) is 0 Å². The third kappa shape index (κ3) is 4.98. The monoisotopic (exact) mass is 463 g/mol. The molecule has 1 aromatic heterocycles. The number of carbonyl (C=O) groups excluding carboxylic acids is 1. The third-order valence-corrected chi connectivity index (χ3v) is 6.46. The number of hydrogen-bond donors (Lipinski definition) is 0. The van der Waals surface area contributed by atoms with Crippen molar-refractivity contribution >= 4 is 44.2 Å². The lowest BCUT2D eigenvalue weighted by atomic mass is 10.1. The van der Waals surface area contributed by atoms with Crippen LogP contribution in [-0.2, 0) is 4.74 Å². The molecular weight excluding hydrogens is 441 g/mol. The van der Waals surface area contributed by atoms with Crippen molar-refractivity contribution in [3.05, 3.63) is 52.8 Å². The van der Waals surface area contributed by atoms with Crippen LogP contribution >= 0.6 is 22.9 Å². The van der Waals surface area contributed by atoms with Gasteiger partial charge in [-0.2, -0.15) is 0 Å². The lowest BCUT2D eigenvalue weighted by Gasteiger charge is -2.28. The Bertz CT molecular complexity index is 1070. The summed E-state index contributed by atoms with van der Waals surface area (Å²) in [6.45, 7) is 4.47. The van der Waals surface area contributed by atoms with Crippen LogP contribution < -0.4 is 9.64 Å². The van der Waals surface area contributed by atoms with Gasteiger partial charge in [-0.15, -0.1) is 0 Å². The van der Waals surface area contributed by atoms with Gasteiger partial charge in [-0.25, -0.2) is 9.37 Å². The highest BCUT2D eigenvalue weighted by atomic mass is 35.5. The molecule has 0 radical (unpaired) electrons. The standard InChI is InChI=1S/C22H23ClFN3O3S/c1-29-18-7-6-15(23)14-16(18)21(28)27(9-3-8-26-10-12-30-13-11-26)22-25-20-17(24)4-2-5-19(20)31-22/h2,4-7,14H,3,8-13H2,1H3. The number of anilines is 1. The van der Waals surface area contributed by atoms with E-state index in [2.05, 4.69) is 9.88 Å². The molecule has 2 aromatic carbocycles. The summed E-state index contributed by atoms with van der Waals surface area (Å²) < 4.78 is 25.7. The molecule has 0 aliphatic carbocycles. The lowest BCUT2D eigenvalue weighted by Crippen LogP contribution is -2.39. The number of aromatic nitrogens is 1. The van der Waals surface area contributed by atoms with Gasteiger partial charge in [0, 0.05) is 31.2 Å². The zero-order valence-electron chi connectivity index (χ0n) is 17.1. The summed E-state index contributed by atoms with van der Waals surface area (Å²) in [6, 6.07) is 9.74. The molecule has 0 spiro atoms. The number of thiazole rings is 1. The van der Waals surface area contributed by atoms with Gasteiger partial charge < -0.3 is 9.47 Å². The second kappa shape index (κ2) is 9.91. The number of morpholine rings is 1. The number of rotatable bonds is 7. The molecule has 4 rings (SSSR count). The Morgan fingerprint density at radius 3 is 2.87 bits per heavy atom. The van der Waals surface area contributed by atoms with E-state index < -0.39 is 5.82 Å². The molecule has 0 atom stereocenters. The molecule has 1 aliphatic heterocycles. The fourth-order valence-corrected chi connectivity index (χ4v) is 4.75. The first-order valence-corrected chi connectivity index (χ1v) is 11.3. The second-order valence-electron chi connectivity index (χ2n) is 7.19. The molecule has 0 unspecified atom stereocenters. The van der Waals surface area contributed by atoms with Crippen molar-refractivity contribution in [2.75, 3.05) is 51.4 Å². The zero-order chi connectivity index (χ0) is 21.8. The number of nitrogens with zero attached hydrogens (tertiary/aromatic N) is 3. The first-order chi connectivity index (χ1) is 15.1. The van der Waals surface area contributed by atoms with Crippen LogP contribution in [-0.4, -0.2) is 62.3 Å². The van der Waals surface area contributed by atoms with E-state index in [0.29, 0.717) is 32.7 Å². The third-order valence-electron chi connectivity index (χ3n) is 5.19. The highest BCUT2D eigenvalue weighted by Crippen LogP contribution is 2.33. The van der Waals surface area contributed by atoms with Crippen molar-refractivity contribution in [3.63, 3.8) is 0 Å². The van der Waals surface area contributed by atoms with Gasteiger partial charge in [0.25, 0.3) is 5.91 Å². The number of fused-ring (bicyclic) bond motifs is 1. The number of ether oxygens (including phenoxy) is 2. The van der Waals surface area contributed by atoms with Gasteiger partial charge in [-0.1, -0.05) is 29.0 Å². The first-order valence-electron chi connectivity index (χ1n) is 10.1. The van der Waals surface area contributed by atoms with Crippen molar-refractivity contribution in [2.45, 2.75) is 6.42 Å². The Hall–Kier alpha value is -2.26. The summed E-state index contributed by atoms with van der Waals surface area (Å²) >= 11 is 7.44. The van der Waals surface area contributed by atoms with Crippen LogP contribution in [0.2, 0.25) is 5.02 Å². The fourth-order valence-electron chi connectivity index (χ4n) is 3.57. The summed E-state index contributed by atoms with van der Waals surface area (Å²) in [4.78, 5) is 21.9. The Morgan fingerprint density at radius 1 is 1.32 bits per heavy atom. The molecule has 1 saturated heterocycles. The van der Waals surface area contributed by atoms with Crippen LogP contribution in [0.3, 0.4) is 0 Å². The lowest BCUT2D eigenvalue weighted by molar-refractivity contribution is 0.0376. The normalized spacial score (nSPS) is 14.7. The summed E-state index contributed by atoms with van der Waals surface area (Å²) in [6.07, 6.45) is 0.743. The van der Waals surface area contributed by atoms with Gasteiger partial charge in [0.05, 0.1) is 30.6 Å². The van der Waals surface area contributed by atoms with Crippen molar-refractivity contribution in [1.29, 1.82) is 0 Å². The summed E-state index contributed by atoms with van der Waals surface area (Å²) in [5.74, 6) is -0.248. The number of benzene rings is 2. The topological polar surface area (TPSA) is 54.9 Å². The maximum absolute atomic E-state index is 14.2. The van der Waals surface area contributed by atoms with Crippen molar-refractivity contribution in [2.24, 2.45) is 0 Å². The van der Waals surface area contributed by atoms with E-state index in [-0.39, 0.29) is 11.4 Å². The van der Waals surface area contributed by atoms with Gasteiger partial charge in [0.15, 0.2) is 5.13 Å². The fraction of sp³-hybridized carbons (Fsp3) is 0.364. The van der Waals surface area contributed by atoms with Crippen molar-refractivity contribution in [1.82, 2.24) is 9.88 Å². The minimum Gasteiger partial charge on any atom is -0.496 e. The predicted octanol–water partition coefficient (Wildman–Crippen LogP) is 4.47. The summed E-state index contributed by atoms with van der Waals surface area (Å²) in [5.41, 5.74) is 0.618. The van der Waals surface area contributed by atoms with Gasteiger partial charge in [0.2, 0.25) is 0 Å². The SMILES string of the molecule is COc1ccc(Cl)cc1C(=O)N(CCCN1CCOCC1)c1nc2c(F)cccc2s1. The van der Waals surface area contributed by atoms with Gasteiger partial charge in [-0.3, -0.25) is 14.6 Å². The van der Waals surface area contributed by atoms with Crippen LogP contribution in [0, 0.1) is 5.82 Å². The van der Waals surface area contributed by atoms with Crippen LogP contribution in [0.15, 0.2) is 36.4 Å². The van der Waals surface area contributed by atoms with Crippen LogP contribution in [0.1, 0.15) is 16.8 Å². The van der Waals surface area contributed by atoms with E-state index in [9.17, 15) is 9.18 Å². The maximum atomic E-state index is 14.2. The largest absolute Gasteiger partial charge is 0.496 e. The molecule has 6 nitrogen and oxygen atoms in total. The van der Waals surface area contributed by atoms with E-state index in [0.717, 1.165) is 39.3 Å². The quantitative estimate of drug-likeness (QED) is 0.517. The zero-order valence-corrected chi connectivity index (χ0v) is 18.7. The Kier molecular flexibility index (Phi) is 7.02. The molecule has 1 fully saturated rings. The van der Waals surface area contributed by atoms with Crippen molar-refractivity contribution in [3.8, 4) is 5.75 Å². The molecule has 9 heteroatoms. The minimum atomic E-state index is -0.402. The highest BCUT2D eigenvalue weighted by molar-refractivity contribution is 7.22. The maximum Gasteiger partial charge on any atom is 0.263 e. The van der Waals surface area contributed by atoms with Crippen LogP contribution in [0.25, 0.3) is 10.2 Å². The number of halogens is 2. The molecular formula is C22H23ClFN3O3S. The molecule has 0 saturated carbocycles. The molecule has 0 N–H and O–H groups in total. The number of carbonyl (C=O) groups is 1. The van der Waals surface area contributed by atoms with Gasteiger partial charge in [-0.05, 0) is 36.8 Å². The van der Waals surface area contributed by atoms with E-state index in [4.69, 9.17) is 21.1 Å². The smallest absolute Gasteiger partial charge is 0.263 e. The average Bonchev–Trinajstić information content (AvgIpc) is 3.22. The van der Waals surface area contributed by atoms with Crippen molar-refractivity contribution < 1.29 is 18.7 Å². The van der Waals surface area contributed by atoms with E-state index in [1.54, 1.807) is 35.2 Å². The van der Waals surface area contributed by atoms with Crippen LogP contribution in [0.4, 0.5) is 9.52 Å². The molecule has 164 valence electrons. The first kappa shape index (κ1) is 22.0. The van der Waals surface area contributed by atoms with Gasteiger partial charge >= 0.3 is 0 Å². The number of hydrogen-bond acceptors (Lipinski definition) is 6. The molecule has 0 bridgehead atoms. The van der Waals surface area contributed by atoms with Gasteiger partial charge in [0.1, 0.15) is 17.1 Å². The predicted molar refractivity (Wildman–Crippen MR) is 121 cm³/mol. The van der Waals surface area contributed by atoms with Crippen LogP contribution in [0.5, 0.6) is 5.75 Å². The molecule has 1 amide bonds. The number of para-hydroxylation sites is 1. The minimum absolute atomic E-state index is 0.270. The summed E-state index contributed by atoms with van der Waals surface area (Å²) in [5, 5.41) is 0.891. The Labute approximate surface area is 189 Å². The molecule has 2 heterocycles. The van der Waals surface area contributed by atoms with E-state index in [1.165, 1.54) is 24.5 Å². The molecule has 31 heavy (non-hydrogen) atoms. The Morgan fingerprint density at radius 2 is 2.13 bits per heavy atom. The number of methoxy groups -OCH3 is 1.